The highest BCUT2D eigenvalue weighted by atomic mass is 79.9. The van der Waals surface area contributed by atoms with Gasteiger partial charge in [0.1, 0.15) is 10.6 Å². The molecule has 0 aliphatic rings. The minimum Gasteiger partial charge on any atom is -0.298 e. The van der Waals surface area contributed by atoms with Gasteiger partial charge in [-0.05, 0) is 18.9 Å². The number of nitro benzene ring substituents is 1. The van der Waals surface area contributed by atoms with Crippen molar-refractivity contribution in [3.63, 3.8) is 0 Å². The van der Waals surface area contributed by atoms with Gasteiger partial charge in [0, 0.05) is 6.07 Å². The van der Waals surface area contributed by atoms with E-state index in [-0.39, 0.29) is 11.5 Å². The lowest BCUT2D eigenvalue weighted by molar-refractivity contribution is -0.385. The third-order valence-electron chi connectivity index (χ3n) is 2.36. The molecule has 0 aliphatic carbocycles. The Balaban J connectivity index is 3.41. The highest BCUT2D eigenvalue weighted by Crippen LogP contribution is 2.34. The van der Waals surface area contributed by atoms with E-state index in [1.165, 1.54) is 13.0 Å². The second-order valence-electron chi connectivity index (χ2n) is 3.43. The van der Waals surface area contributed by atoms with Gasteiger partial charge in [-0.1, -0.05) is 35.0 Å². The lowest BCUT2D eigenvalue weighted by Gasteiger charge is -2.11. The molecule has 0 aliphatic heterocycles. The standard InChI is InChI=1S/C11H12BrNO3/c1-3-8-5-4-6-9(13(15)16)10(8)11(12)7(2)14/h4-6,11H,3H2,1-2H3. The number of rotatable bonds is 4. The molecular weight excluding hydrogens is 274 g/mol. The van der Waals surface area contributed by atoms with Gasteiger partial charge in [-0.15, -0.1) is 0 Å². The van der Waals surface area contributed by atoms with Crippen molar-refractivity contribution in [2.75, 3.05) is 0 Å². The summed E-state index contributed by atoms with van der Waals surface area (Å²) in [7, 11) is 0. The van der Waals surface area contributed by atoms with E-state index in [1.807, 2.05) is 6.92 Å². The number of benzene rings is 1. The fourth-order valence-corrected chi connectivity index (χ4v) is 2.09. The third-order valence-corrected chi connectivity index (χ3v) is 3.46. The predicted octanol–water partition coefficient (Wildman–Crippen LogP) is 3.18. The molecule has 1 aromatic carbocycles. The Morgan fingerprint density at radius 1 is 1.56 bits per heavy atom. The highest BCUT2D eigenvalue weighted by molar-refractivity contribution is 9.09. The zero-order valence-corrected chi connectivity index (χ0v) is 10.7. The second-order valence-corrected chi connectivity index (χ2v) is 4.35. The van der Waals surface area contributed by atoms with Gasteiger partial charge in [-0.2, -0.15) is 0 Å². The smallest absolute Gasteiger partial charge is 0.274 e. The largest absolute Gasteiger partial charge is 0.298 e. The van der Waals surface area contributed by atoms with E-state index in [0.717, 1.165) is 5.56 Å². The first kappa shape index (κ1) is 12.8. The molecule has 16 heavy (non-hydrogen) atoms. The number of alkyl halides is 1. The second kappa shape index (κ2) is 5.21. The van der Waals surface area contributed by atoms with Crippen LogP contribution in [0.15, 0.2) is 18.2 Å². The van der Waals surface area contributed by atoms with Crippen LogP contribution in [0.2, 0.25) is 0 Å². The van der Waals surface area contributed by atoms with E-state index in [4.69, 9.17) is 0 Å². The monoisotopic (exact) mass is 285 g/mol. The molecule has 0 N–H and O–H groups in total. The molecule has 0 heterocycles. The van der Waals surface area contributed by atoms with Gasteiger partial charge < -0.3 is 0 Å². The maximum Gasteiger partial charge on any atom is 0.274 e. The van der Waals surface area contributed by atoms with Crippen molar-refractivity contribution < 1.29 is 9.72 Å². The Morgan fingerprint density at radius 2 is 2.19 bits per heavy atom. The van der Waals surface area contributed by atoms with Crippen LogP contribution >= 0.6 is 15.9 Å². The maximum absolute atomic E-state index is 11.3. The number of carbonyl (C=O) groups is 1. The van der Waals surface area contributed by atoms with Gasteiger partial charge in [-0.25, -0.2) is 0 Å². The predicted molar refractivity (Wildman–Crippen MR) is 64.8 cm³/mol. The molecule has 0 aromatic heterocycles. The molecule has 0 radical (unpaired) electrons. The van der Waals surface area contributed by atoms with Crippen LogP contribution in [0, 0.1) is 10.1 Å². The van der Waals surface area contributed by atoms with E-state index in [9.17, 15) is 14.9 Å². The number of Topliss-reactive ketones (excluding diaryl/α,β-unsaturated/α-hetero) is 1. The van der Waals surface area contributed by atoms with Crippen LogP contribution in [0.4, 0.5) is 5.69 Å². The van der Waals surface area contributed by atoms with E-state index in [1.54, 1.807) is 12.1 Å². The zero-order chi connectivity index (χ0) is 12.3. The van der Waals surface area contributed by atoms with Crippen LogP contribution in [0.1, 0.15) is 29.8 Å². The van der Waals surface area contributed by atoms with Gasteiger partial charge in [0.25, 0.3) is 5.69 Å². The molecule has 1 atom stereocenters. The van der Waals surface area contributed by atoms with Crippen LogP contribution in [0.25, 0.3) is 0 Å². The zero-order valence-electron chi connectivity index (χ0n) is 9.07. The number of halogens is 1. The van der Waals surface area contributed by atoms with E-state index in [0.29, 0.717) is 12.0 Å². The lowest BCUT2D eigenvalue weighted by Crippen LogP contribution is -2.08. The molecule has 1 aromatic rings. The van der Waals surface area contributed by atoms with Crippen molar-refractivity contribution in [3.05, 3.63) is 39.4 Å². The Morgan fingerprint density at radius 3 is 2.62 bits per heavy atom. The molecule has 86 valence electrons. The molecular formula is C11H12BrNO3. The number of nitrogens with zero attached hydrogens (tertiary/aromatic N) is 1. The molecule has 1 unspecified atom stereocenters. The Labute approximate surface area is 102 Å². The minimum atomic E-state index is -0.607. The number of hydrogen-bond donors (Lipinski definition) is 0. The first-order valence-corrected chi connectivity index (χ1v) is 5.81. The molecule has 0 spiro atoms. The number of carbonyl (C=O) groups excluding carboxylic acids is 1. The summed E-state index contributed by atoms with van der Waals surface area (Å²) in [5.41, 5.74) is 1.30. The molecule has 0 bridgehead atoms. The van der Waals surface area contributed by atoms with Gasteiger partial charge in [-0.3, -0.25) is 14.9 Å². The van der Waals surface area contributed by atoms with Crippen molar-refractivity contribution in [3.8, 4) is 0 Å². The van der Waals surface area contributed by atoms with Crippen molar-refractivity contribution in [1.82, 2.24) is 0 Å². The molecule has 1 rings (SSSR count). The van der Waals surface area contributed by atoms with Crippen LogP contribution in [0.5, 0.6) is 0 Å². The summed E-state index contributed by atoms with van der Waals surface area (Å²) in [6.45, 7) is 3.32. The number of hydrogen-bond acceptors (Lipinski definition) is 3. The molecule has 0 amide bonds. The van der Waals surface area contributed by atoms with Crippen LogP contribution < -0.4 is 0 Å². The van der Waals surface area contributed by atoms with Gasteiger partial charge in [0.05, 0.1) is 10.5 Å². The van der Waals surface area contributed by atoms with Crippen molar-refractivity contribution >= 4 is 27.4 Å². The molecule has 0 saturated heterocycles. The number of ketones is 1. The maximum atomic E-state index is 11.3. The van der Waals surface area contributed by atoms with Gasteiger partial charge in [0.15, 0.2) is 0 Å². The molecule has 4 nitrogen and oxygen atoms in total. The van der Waals surface area contributed by atoms with Gasteiger partial charge >= 0.3 is 0 Å². The van der Waals surface area contributed by atoms with Crippen LogP contribution in [0.3, 0.4) is 0 Å². The van der Waals surface area contributed by atoms with E-state index < -0.39 is 9.75 Å². The van der Waals surface area contributed by atoms with E-state index >= 15 is 0 Å². The fraction of sp³-hybridized carbons (Fsp3) is 0.364. The average molecular weight is 286 g/mol. The summed E-state index contributed by atoms with van der Waals surface area (Å²) in [6, 6.07) is 4.87. The number of nitro groups is 1. The van der Waals surface area contributed by atoms with Crippen LogP contribution in [-0.4, -0.2) is 10.7 Å². The average Bonchev–Trinajstić information content (AvgIpc) is 2.26. The summed E-state index contributed by atoms with van der Waals surface area (Å²) < 4.78 is 0. The summed E-state index contributed by atoms with van der Waals surface area (Å²) in [4.78, 5) is 21.1. The Bertz CT molecular complexity index is 431. The minimum absolute atomic E-state index is 0.00331. The topological polar surface area (TPSA) is 60.2 Å². The Hall–Kier alpha value is -1.23. The SMILES string of the molecule is CCc1cccc([N+](=O)[O-])c1C(Br)C(C)=O. The van der Waals surface area contributed by atoms with Crippen molar-refractivity contribution in [2.24, 2.45) is 0 Å². The summed E-state index contributed by atoms with van der Waals surface area (Å²) in [5.74, 6) is -0.135. The Kier molecular flexibility index (Phi) is 4.18. The fourth-order valence-electron chi connectivity index (χ4n) is 1.56. The third kappa shape index (κ3) is 2.47. The lowest BCUT2D eigenvalue weighted by atomic mass is 9.99. The normalized spacial score (nSPS) is 12.2. The highest BCUT2D eigenvalue weighted by Gasteiger charge is 2.25. The van der Waals surface area contributed by atoms with E-state index in [2.05, 4.69) is 15.9 Å². The summed E-state index contributed by atoms with van der Waals surface area (Å²) in [5, 5.41) is 10.9. The molecule has 5 heteroatoms. The summed E-state index contributed by atoms with van der Waals surface area (Å²) in [6.07, 6.45) is 0.659. The summed E-state index contributed by atoms with van der Waals surface area (Å²) >= 11 is 3.21. The van der Waals surface area contributed by atoms with Crippen molar-refractivity contribution in [2.45, 2.75) is 25.1 Å². The van der Waals surface area contributed by atoms with Crippen molar-refractivity contribution in [1.29, 1.82) is 0 Å². The molecule has 0 fully saturated rings. The first-order valence-electron chi connectivity index (χ1n) is 4.89. The molecule has 0 saturated carbocycles. The first-order chi connectivity index (χ1) is 7.49. The van der Waals surface area contributed by atoms with Gasteiger partial charge in [0.2, 0.25) is 0 Å². The quantitative estimate of drug-likeness (QED) is 0.485. The number of aryl methyl sites for hydroxylation is 1. The van der Waals surface area contributed by atoms with Crippen LogP contribution in [-0.2, 0) is 11.2 Å².